The maximum atomic E-state index is 9.80. The molecule has 0 aromatic heterocycles. The molecule has 4 rings (SSSR count). The van der Waals surface area contributed by atoms with Crippen LogP contribution in [0, 0.1) is 40.4 Å². The lowest BCUT2D eigenvalue weighted by atomic mass is 9.45. The van der Waals surface area contributed by atoms with E-state index in [2.05, 4.69) is 13.8 Å². The Bertz CT molecular complexity index is 405. The van der Waals surface area contributed by atoms with Crippen molar-refractivity contribution in [2.45, 2.75) is 78.1 Å². The van der Waals surface area contributed by atoms with Crippen molar-refractivity contribution in [3.05, 3.63) is 0 Å². The molecule has 0 heterocycles. The van der Waals surface area contributed by atoms with Gasteiger partial charge in [-0.25, -0.2) is 0 Å². The van der Waals surface area contributed by atoms with E-state index in [9.17, 15) is 5.11 Å². The van der Waals surface area contributed by atoms with E-state index in [1.165, 1.54) is 64.2 Å². The quantitative estimate of drug-likeness (QED) is 0.718. The van der Waals surface area contributed by atoms with Crippen molar-refractivity contribution in [1.29, 1.82) is 0 Å². The van der Waals surface area contributed by atoms with Gasteiger partial charge in [-0.3, -0.25) is 0 Å². The van der Waals surface area contributed by atoms with Crippen LogP contribution in [0.25, 0.3) is 0 Å². The third-order valence-electron chi connectivity index (χ3n) is 9.00. The highest BCUT2D eigenvalue weighted by atomic mass is 16.3. The minimum atomic E-state index is 0.435. The Morgan fingerprint density at radius 1 is 0.810 bits per heavy atom. The summed E-state index contributed by atoms with van der Waals surface area (Å²) in [7, 11) is 0. The molecule has 1 nitrogen and oxygen atoms in total. The van der Waals surface area contributed by atoms with Crippen molar-refractivity contribution in [1.82, 2.24) is 0 Å². The normalized spacial score (nSPS) is 56.4. The summed E-state index contributed by atoms with van der Waals surface area (Å²) < 4.78 is 0. The highest BCUT2D eigenvalue weighted by Gasteiger charge is 2.59. The van der Waals surface area contributed by atoms with Crippen LogP contribution in [0.15, 0.2) is 0 Å². The zero-order valence-corrected chi connectivity index (χ0v) is 14.1. The van der Waals surface area contributed by atoms with Crippen LogP contribution in [0.2, 0.25) is 0 Å². The molecule has 120 valence electrons. The fraction of sp³-hybridized carbons (Fsp3) is 1.00. The van der Waals surface area contributed by atoms with Gasteiger partial charge in [0.2, 0.25) is 0 Å². The van der Waals surface area contributed by atoms with Crippen LogP contribution >= 0.6 is 0 Å². The molecule has 0 aromatic rings. The van der Waals surface area contributed by atoms with Crippen LogP contribution in [-0.4, -0.2) is 11.7 Å². The van der Waals surface area contributed by atoms with E-state index < -0.39 is 0 Å². The summed E-state index contributed by atoms with van der Waals surface area (Å²) in [6, 6.07) is 0. The minimum absolute atomic E-state index is 0.435. The fourth-order valence-corrected chi connectivity index (χ4v) is 7.70. The molecule has 4 aliphatic rings. The predicted octanol–water partition coefficient (Wildman–Crippen LogP) is 5.03. The fourth-order valence-electron chi connectivity index (χ4n) is 7.70. The van der Waals surface area contributed by atoms with E-state index in [4.69, 9.17) is 0 Å². The molecule has 1 heteroatoms. The number of aliphatic hydroxyl groups is 1. The molecular weight excluding hydrogens is 256 g/mol. The van der Waals surface area contributed by atoms with Gasteiger partial charge in [-0.05, 0) is 91.8 Å². The van der Waals surface area contributed by atoms with Crippen LogP contribution < -0.4 is 0 Å². The number of fused-ring (bicyclic) bond motifs is 5. The first-order valence-electron chi connectivity index (χ1n) is 9.70. The van der Waals surface area contributed by atoms with Gasteiger partial charge in [0, 0.05) is 6.61 Å². The lowest BCUT2D eigenvalue weighted by Crippen LogP contribution is -2.52. The Morgan fingerprint density at radius 2 is 1.62 bits per heavy atom. The average molecular weight is 290 g/mol. The molecule has 1 N–H and O–H groups in total. The highest BCUT2D eigenvalue weighted by molar-refractivity contribution is 5.08. The Balaban J connectivity index is 1.62. The van der Waals surface area contributed by atoms with E-state index in [-0.39, 0.29) is 0 Å². The van der Waals surface area contributed by atoms with Gasteiger partial charge < -0.3 is 5.11 Å². The van der Waals surface area contributed by atoms with Gasteiger partial charge >= 0.3 is 0 Å². The Hall–Kier alpha value is -0.0400. The van der Waals surface area contributed by atoms with Crippen molar-refractivity contribution >= 4 is 0 Å². The first kappa shape index (κ1) is 14.5. The topological polar surface area (TPSA) is 20.2 Å². The smallest absolute Gasteiger partial charge is 0.0464 e. The van der Waals surface area contributed by atoms with E-state index in [0.29, 0.717) is 23.4 Å². The molecule has 4 saturated carbocycles. The van der Waals surface area contributed by atoms with Crippen molar-refractivity contribution in [3.8, 4) is 0 Å². The number of hydrogen-bond donors (Lipinski definition) is 1. The Labute approximate surface area is 130 Å². The van der Waals surface area contributed by atoms with Crippen LogP contribution in [0.1, 0.15) is 78.1 Å². The Kier molecular flexibility index (Phi) is 3.45. The van der Waals surface area contributed by atoms with Crippen LogP contribution in [-0.2, 0) is 0 Å². The molecule has 21 heavy (non-hydrogen) atoms. The summed E-state index contributed by atoms with van der Waals surface area (Å²) >= 11 is 0. The molecular formula is C20H34O. The van der Waals surface area contributed by atoms with E-state index >= 15 is 0 Å². The maximum Gasteiger partial charge on any atom is 0.0464 e. The van der Waals surface area contributed by atoms with Crippen LogP contribution in [0.3, 0.4) is 0 Å². The standard InChI is InChI=1S/C20H34O/c1-19-11-4-3-5-14(19)6-8-16-17-9-7-15(13-21)20(17,2)12-10-18(16)19/h14-18,21H,3-13H2,1-2H3/t14?,15-,16-,17-,18-,19-,20+/m0/s1. The second-order valence-corrected chi connectivity index (χ2v) is 9.40. The number of aliphatic hydroxyl groups excluding tert-OH is 1. The van der Waals surface area contributed by atoms with Gasteiger partial charge in [0.25, 0.3) is 0 Å². The second-order valence-electron chi connectivity index (χ2n) is 9.40. The first-order valence-corrected chi connectivity index (χ1v) is 9.70. The summed E-state index contributed by atoms with van der Waals surface area (Å²) in [6.07, 6.45) is 14.6. The number of rotatable bonds is 1. The molecule has 0 radical (unpaired) electrons. The van der Waals surface area contributed by atoms with E-state index in [1.54, 1.807) is 0 Å². The summed E-state index contributed by atoms with van der Waals surface area (Å²) in [4.78, 5) is 0. The highest BCUT2D eigenvalue weighted by Crippen LogP contribution is 2.67. The number of hydrogen-bond acceptors (Lipinski definition) is 1. The average Bonchev–Trinajstić information content (AvgIpc) is 2.83. The van der Waals surface area contributed by atoms with Gasteiger partial charge in [0.1, 0.15) is 0 Å². The summed E-state index contributed by atoms with van der Waals surface area (Å²) in [6.45, 7) is 5.62. The van der Waals surface area contributed by atoms with Crippen molar-refractivity contribution < 1.29 is 5.11 Å². The molecule has 1 unspecified atom stereocenters. The van der Waals surface area contributed by atoms with Crippen LogP contribution in [0.4, 0.5) is 0 Å². The molecule has 7 atom stereocenters. The minimum Gasteiger partial charge on any atom is -0.396 e. The third-order valence-corrected chi connectivity index (χ3v) is 9.00. The van der Waals surface area contributed by atoms with Crippen molar-refractivity contribution in [2.75, 3.05) is 6.61 Å². The first-order chi connectivity index (χ1) is 10.1. The second kappa shape index (κ2) is 4.98. The van der Waals surface area contributed by atoms with Gasteiger partial charge in [0.15, 0.2) is 0 Å². The molecule has 0 aliphatic heterocycles. The monoisotopic (exact) mass is 290 g/mol. The van der Waals surface area contributed by atoms with Crippen molar-refractivity contribution in [3.63, 3.8) is 0 Å². The summed E-state index contributed by atoms with van der Waals surface area (Å²) in [5.74, 6) is 4.55. The molecule has 0 saturated heterocycles. The van der Waals surface area contributed by atoms with Gasteiger partial charge in [-0.2, -0.15) is 0 Å². The third kappa shape index (κ3) is 1.92. The molecule has 4 fully saturated rings. The van der Waals surface area contributed by atoms with Crippen molar-refractivity contribution in [2.24, 2.45) is 40.4 Å². The van der Waals surface area contributed by atoms with E-state index in [0.717, 1.165) is 23.7 Å². The largest absolute Gasteiger partial charge is 0.396 e. The molecule has 0 aromatic carbocycles. The van der Waals surface area contributed by atoms with Crippen LogP contribution in [0.5, 0.6) is 0 Å². The zero-order valence-electron chi connectivity index (χ0n) is 14.1. The van der Waals surface area contributed by atoms with Gasteiger partial charge in [0.05, 0.1) is 0 Å². The van der Waals surface area contributed by atoms with Gasteiger partial charge in [-0.15, -0.1) is 0 Å². The molecule has 0 amide bonds. The summed E-state index contributed by atoms with van der Waals surface area (Å²) in [5, 5.41) is 9.80. The SMILES string of the molecule is C[C@]12CC[C@H]3[C@@H](CCC4CCCC[C@@]43C)[C@@H]1CC[C@H]2CO. The Morgan fingerprint density at radius 3 is 2.43 bits per heavy atom. The zero-order chi connectivity index (χ0) is 14.7. The molecule has 0 spiro atoms. The summed E-state index contributed by atoms with van der Waals surface area (Å²) in [5.41, 5.74) is 1.13. The van der Waals surface area contributed by atoms with E-state index in [1.807, 2.05) is 0 Å². The lowest BCUT2D eigenvalue weighted by molar-refractivity contribution is -0.113. The molecule has 0 bridgehead atoms. The molecule has 4 aliphatic carbocycles. The predicted molar refractivity (Wildman–Crippen MR) is 86.9 cm³/mol. The lowest BCUT2D eigenvalue weighted by Gasteiger charge is -2.60. The van der Waals surface area contributed by atoms with Gasteiger partial charge in [-0.1, -0.05) is 26.7 Å². The maximum absolute atomic E-state index is 9.80.